The molecule has 1 atom stereocenters. The first kappa shape index (κ1) is 12.4. The van der Waals surface area contributed by atoms with E-state index in [2.05, 4.69) is 0 Å². The number of carbonyl (C=O) groups excluding carboxylic acids is 1. The lowest BCUT2D eigenvalue weighted by molar-refractivity contribution is -0.140. The zero-order valence-electron chi connectivity index (χ0n) is 9.35. The molecule has 1 aromatic rings. The van der Waals surface area contributed by atoms with Crippen LogP contribution in [0.1, 0.15) is 25.3 Å². The van der Waals surface area contributed by atoms with Crippen molar-refractivity contribution < 1.29 is 14.7 Å². The highest BCUT2D eigenvalue weighted by molar-refractivity contribution is 5.84. The van der Waals surface area contributed by atoms with E-state index in [4.69, 9.17) is 5.11 Å². The third-order valence-electron chi connectivity index (χ3n) is 2.53. The van der Waals surface area contributed by atoms with Crippen molar-refractivity contribution in [1.29, 1.82) is 0 Å². The zero-order valence-corrected chi connectivity index (χ0v) is 9.35. The average molecular weight is 220 g/mol. The lowest BCUT2D eigenvalue weighted by Crippen LogP contribution is -2.15. The Morgan fingerprint density at radius 3 is 2.44 bits per heavy atom. The van der Waals surface area contributed by atoms with E-state index in [1.165, 1.54) is 0 Å². The third-order valence-corrected chi connectivity index (χ3v) is 2.53. The molecule has 0 saturated carbocycles. The molecule has 0 heterocycles. The van der Waals surface area contributed by atoms with Gasteiger partial charge in [0.05, 0.1) is 6.42 Å². The largest absolute Gasteiger partial charge is 0.481 e. The number of benzene rings is 1. The SMILES string of the molecule is CC(CC(=O)O)C(=O)CCc1ccccc1. The maximum absolute atomic E-state index is 11.6. The minimum Gasteiger partial charge on any atom is -0.481 e. The van der Waals surface area contributed by atoms with E-state index in [9.17, 15) is 9.59 Å². The van der Waals surface area contributed by atoms with E-state index in [-0.39, 0.29) is 18.1 Å². The monoisotopic (exact) mass is 220 g/mol. The Morgan fingerprint density at radius 2 is 1.88 bits per heavy atom. The summed E-state index contributed by atoms with van der Waals surface area (Å²) in [5, 5.41) is 8.57. The fourth-order valence-electron chi connectivity index (χ4n) is 1.53. The van der Waals surface area contributed by atoms with E-state index >= 15 is 0 Å². The van der Waals surface area contributed by atoms with Crippen molar-refractivity contribution in [1.82, 2.24) is 0 Å². The number of carboxylic acids is 1. The van der Waals surface area contributed by atoms with Crippen molar-refractivity contribution >= 4 is 11.8 Å². The number of rotatable bonds is 6. The first-order chi connectivity index (χ1) is 7.59. The molecule has 86 valence electrons. The molecular formula is C13H16O3. The minimum atomic E-state index is -0.916. The summed E-state index contributed by atoms with van der Waals surface area (Å²) in [5.74, 6) is -1.28. The molecule has 16 heavy (non-hydrogen) atoms. The van der Waals surface area contributed by atoms with Crippen LogP contribution in [-0.2, 0) is 16.0 Å². The van der Waals surface area contributed by atoms with E-state index < -0.39 is 5.97 Å². The fourth-order valence-corrected chi connectivity index (χ4v) is 1.53. The van der Waals surface area contributed by atoms with Crippen molar-refractivity contribution in [2.75, 3.05) is 0 Å². The second-order valence-corrected chi connectivity index (χ2v) is 3.95. The summed E-state index contributed by atoms with van der Waals surface area (Å²) in [6, 6.07) is 9.73. The highest BCUT2D eigenvalue weighted by atomic mass is 16.4. The molecule has 3 heteroatoms. The maximum Gasteiger partial charge on any atom is 0.304 e. The first-order valence-electron chi connectivity index (χ1n) is 5.38. The van der Waals surface area contributed by atoms with Gasteiger partial charge in [0.15, 0.2) is 0 Å². The summed E-state index contributed by atoms with van der Waals surface area (Å²) < 4.78 is 0. The van der Waals surface area contributed by atoms with Crippen LogP contribution in [0, 0.1) is 5.92 Å². The van der Waals surface area contributed by atoms with Crippen LogP contribution >= 0.6 is 0 Å². The lowest BCUT2D eigenvalue weighted by atomic mass is 9.97. The van der Waals surface area contributed by atoms with Crippen molar-refractivity contribution in [2.45, 2.75) is 26.2 Å². The number of ketones is 1. The fraction of sp³-hybridized carbons (Fsp3) is 0.385. The van der Waals surface area contributed by atoms with Crippen LogP contribution in [0.25, 0.3) is 0 Å². The number of carboxylic acid groups (broad SMARTS) is 1. The molecule has 0 amide bonds. The quantitative estimate of drug-likeness (QED) is 0.800. The van der Waals surface area contributed by atoms with Gasteiger partial charge in [0.1, 0.15) is 5.78 Å². The summed E-state index contributed by atoms with van der Waals surface area (Å²) in [6.07, 6.45) is 1.02. The molecule has 1 aromatic carbocycles. The number of Topliss-reactive ketones (excluding diaryl/α,β-unsaturated/α-hetero) is 1. The summed E-state index contributed by atoms with van der Waals surface area (Å²) in [6.45, 7) is 1.67. The molecule has 0 saturated heterocycles. The second-order valence-electron chi connectivity index (χ2n) is 3.95. The molecule has 1 N–H and O–H groups in total. The number of hydrogen-bond acceptors (Lipinski definition) is 2. The van der Waals surface area contributed by atoms with Crippen LogP contribution in [-0.4, -0.2) is 16.9 Å². The van der Waals surface area contributed by atoms with Crippen molar-refractivity contribution in [3.05, 3.63) is 35.9 Å². The van der Waals surface area contributed by atoms with E-state index in [0.29, 0.717) is 12.8 Å². The molecule has 0 fully saturated rings. The van der Waals surface area contributed by atoms with E-state index in [0.717, 1.165) is 5.56 Å². The van der Waals surface area contributed by atoms with Crippen LogP contribution in [0.3, 0.4) is 0 Å². The first-order valence-corrected chi connectivity index (χ1v) is 5.38. The topological polar surface area (TPSA) is 54.4 Å². The highest BCUT2D eigenvalue weighted by Crippen LogP contribution is 2.10. The van der Waals surface area contributed by atoms with Gasteiger partial charge in [-0.2, -0.15) is 0 Å². The number of aryl methyl sites for hydroxylation is 1. The van der Waals surface area contributed by atoms with Gasteiger partial charge in [0.2, 0.25) is 0 Å². The molecule has 0 aliphatic rings. The average Bonchev–Trinajstić information content (AvgIpc) is 2.26. The smallest absolute Gasteiger partial charge is 0.304 e. The van der Waals surface area contributed by atoms with Gasteiger partial charge < -0.3 is 5.11 Å². The van der Waals surface area contributed by atoms with Crippen molar-refractivity contribution in [3.8, 4) is 0 Å². The van der Waals surface area contributed by atoms with Gasteiger partial charge in [-0.3, -0.25) is 9.59 Å². The van der Waals surface area contributed by atoms with Crippen molar-refractivity contribution in [3.63, 3.8) is 0 Å². The summed E-state index contributed by atoms with van der Waals surface area (Å²) in [5.41, 5.74) is 1.11. The van der Waals surface area contributed by atoms with Gasteiger partial charge in [-0.25, -0.2) is 0 Å². The van der Waals surface area contributed by atoms with Gasteiger partial charge in [-0.15, -0.1) is 0 Å². The normalized spacial score (nSPS) is 12.1. The highest BCUT2D eigenvalue weighted by Gasteiger charge is 2.15. The Morgan fingerprint density at radius 1 is 1.25 bits per heavy atom. The molecule has 1 rings (SSSR count). The van der Waals surface area contributed by atoms with Gasteiger partial charge in [0, 0.05) is 12.3 Å². The predicted molar refractivity (Wildman–Crippen MR) is 61.2 cm³/mol. The van der Waals surface area contributed by atoms with Gasteiger partial charge in [-0.1, -0.05) is 37.3 Å². The molecule has 3 nitrogen and oxygen atoms in total. The third kappa shape index (κ3) is 4.26. The van der Waals surface area contributed by atoms with E-state index in [1.54, 1.807) is 6.92 Å². The second kappa shape index (κ2) is 6.05. The van der Waals surface area contributed by atoms with Crippen LogP contribution in [0.5, 0.6) is 0 Å². The van der Waals surface area contributed by atoms with Crippen LogP contribution < -0.4 is 0 Å². The molecule has 0 bridgehead atoms. The summed E-state index contributed by atoms with van der Waals surface area (Å²) in [7, 11) is 0. The van der Waals surface area contributed by atoms with Gasteiger partial charge in [-0.05, 0) is 12.0 Å². The van der Waals surface area contributed by atoms with Crippen molar-refractivity contribution in [2.24, 2.45) is 5.92 Å². The zero-order chi connectivity index (χ0) is 12.0. The molecule has 0 spiro atoms. The molecule has 0 radical (unpaired) electrons. The van der Waals surface area contributed by atoms with Crippen LogP contribution in [0.2, 0.25) is 0 Å². The number of aliphatic carboxylic acids is 1. The van der Waals surface area contributed by atoms with Crippen LogP contribution in [0.4, 0.5) is 0 Å². The Balaban J connectivity index is 2.38. The predicted octanol–water partition coefficient (Wildman–Crippen LogP) is 2.30. The Kier molecular flexibility index (Phi) is 4.70. The maximum atomic E-state index is 11.6. The van der Waals surface area contributed by atoms with E-state index in [1.807, 2.05) is 30.3 Å². The molecule has 1 unspecified atom stereocenters. The van der Waals surface area contributed by atoms with Gasteiger partial charge >= 0.3 is 5.97 Å². The lowest BCUT2D eigenvalue weighted by Gasteiger charge is -2.07. The Hall–Kier alpha value is -1.64. The number of carbonyl (C=O) groups is 2. The summed E-state index contributed by atoms with van der Waals surface area (Å²) in [4.78, 5) is 22.0. The molecule has 0 aliphatic heterocycles. The Bertz CT molecular complexity index is 357. The minimum absolute atomic E-state index is 0.0197. The Labute approximate surface area is 95.1 Å². The van der Waals surface area contributed by atoms with Crippen LogP contribution in [0.15, 0.2) is 30.3 Å². The number of hydrogen-bond donors (Lipinski definition) is 1. The molecule has 0 aromatic heterocycles. The molecule has 0 aliphatic carbocycles. The van der Waals surface area contributed by atoms with Gasteiger partial charge in [0.25, 0.3) is 0 Å². The molecular weight excluding hydrogens is 204 g/mol. The standard InChI is InChI=1S/C13H16O3/c1-10(9-13(15)16)12(14)8-7-11-5-3-2-4-6-11/h2-6,10H,7-9H2,1H3,(H,15,16). The summed E-state index contributed by atoms with van der Waals surface area (Å²) >= 11 is 0.